The van der Waals surface area contributed by atoms with E-state index in [0.29, 0.717) is 0 Å². The first-order chi connectivity index (χ1) is 9.46. The van der Waals surface area contributed by atoms with Gasteiger partial charge in [-0.3, -0.25) is 0 Å². The zero-order chi connectivity index (χ0) is 14.6. The van der Waals surface area contributed by atoms with Crippen LogP contribution in [0.2, 0.25) is 0 Å². The van der Waals surface area contributed by atoms with Crippen molar-refractivity contribution in [2.24, 2.45) is 5.92 Å². The molecule has 1 aliphatic carbocycles. The van der Waals surface area contributed by atoms with Crippen LogP contribution in [0.5, 0.6) is 5.75 Å². The minimum atomic E-state index is 0.131. The van der Waals surface area contributed by atoms with Crippen molar-refractivity contribution in [3.8, 4) is 5.75 Å². The van der Waals surface area contributed by atoms with E-state index in [1.165, 1.54) is 36.8 Å². The standard InChI is InChI=1S/C18H29NO/c1-14-8-7-11-16(12-19-18(2,3)4)17(14)20-13-15-9-5-6-10-15/h7-8,11,15,19H,5-6,9-10,12-13H2,1-4H3. The van der Waals surface area contributed by atoms with Crippen molar-refractivity contribution >= 4 is 0 Å². The highest BCUT2D eigenvalue weighted by Gasteiger charge is 2.17. The molecule has 0 amide bonds. The summed E-state index contributed by atoms with van der Waals surface area (Å²) in [6.45, 7) is 10.5. The molecule has 1 aromatic carbocycles. The topological polar surface area (TPSA) is 21.3 Å². The van der Waals surface area contributed by atoms with Gasteiger partial charge < -0.3 is 10.1 Å². The second kappa shape index (κ2) is 6.62. The minimum Gasteiger partial charge on any atom is -0.493 e. The Morgan fingerprint density at radius 2 is 1.90 bits per heavy atom. The van der Waals surface area contributed by atoms with E-state index >= 15 is 0 Å². The Kier molecular flexibility index (Phi) is 5.09. The predicted octanol–water partition coefficient (Wildman–Crippen LogP) is 4.45. The Labute approximate surface area is 123 Å². The van der Waals surface area contributed by atoms with Crippen LogP contribution in [-0.4, -0.2) is 12.1 Å². The van der Waals surface area contributed by atoms with Crippen LogP contribution in [0.25, 0.3) is 0 Å². The molecule has 2 heteroatoms. The minimum absolute atomic E-state index is 0.131. The molecule has 0 atom stereocenters. The maximum Gasteiger partial charge on any atom is 0.126 e. The van der Waals surface area contributed by atoms with Gasteiger partial charge in [-0.15, -0.1) is 0 Å². The average molecular weight is 275 g/mol. The highest BCUT2D eigenvalue weighted by Crippen LogP contribution is 2.28. The Morgan fingerprint density at radius 1 is 1.20 bits per heavy atom. The van der Waals surface area contributed by atoms with E-state index in [1.807, 2.05) is 0 Å². The molecule has 1 aromatic rings. The fourth-order valence-electron chi connectivity index (χ4n) is 2.80. The number of hydrogen-bond donors (Lipinski definition) is 1. The van der Waals surface area contributed by atoms with E-state index in [-0.39, 0.29) is 5.54 Å². The number of aryl methyl sites for hydroxylation is 1. The van der Waals surface area contributed by atoms with Crippen molar-refractivity contribution in [3.63, 3.8) is 0 Å². The first-order valence-electron chi connectivity index (χ1n) is 7.92. The summed E-state index contributed by atoms with van der Waals surface area (Å²) in [7, 11) is 0. The quantitative estimate of drug-likeness (QED) is 0.857. The van der Waals surface area contributed by atoms with Crippen molar-refractivity contribution in [3.05, 3.63) is 29.3 Å². The molecule has 1 saturated carbocycles. The van der Waals surface area contributed by atoms with Crippen molar-refractivity contribution in [2.45, 2.75) is 65.5 Å². The third-order valence-corrected chi connectivity index (χ3v) is 4.04. The highest BCUT2D eigenvalue weighted by molar-refractivity contribution is 5.40. The summed E-state index contributed by atoms with van der Waals surface area (Å²) in [4.78, 5) is 0. The monoisotopic (exact) mass is 275 g/mol. The Balaban J connectivity index is 2.01. The number of ether oxygens (including phenoxy) is 1. The summed E-state index contributed by atoms with van der Waals surface area (Å²) in [5.41, 5.74) is 2.65. The van der Waals surface area contributed by atoms with Gasteiger partial charge in [0.05, 0.1) is 6.61 Å². The van der Waals surface area contributed by atoms with Gasteiger partial charge in [-0.2, -0.15) is 0 Å². The van der Waals surface area contributed by atoms with Gasteiger partial charge in [-0.25, -0.2) is 0 Å². The Hall–Kier alpha value is -1.02. The number of nitrogens with one attached hydrogen (secondary N) is 1. The van der Waals surface area contributed by atoms with Crippen molar-refractivity contribution in [2.75, 3.05) is 6.61 Å². The number of rotatable bonds is 5. The van der Waals surface area contributed by atoms with Crippen LogP contribution in [0.1, 0.15) is 57.6 Å². The molecule has 0 aliphatic heterocycles. The van der Waals surface area contributed by atoms with Crippen LogP contribution in [-0.2, 0) is 6.54 Å². The lowest BCUT2D eigenvalue weighted by atomic mass is 10.1. The fourth-order valence-corrected chi connectivity index (χ4v) is 2.80. The van der Waals surface area contributed by atoms with Gasteiger partial charge in [-0.05, 0) is 52.0 Å². The molecule has 1 N–H and O–H groups in total. The molecule has 0 unspecified atom stereocenters. The molecule has 0 saturated heterocycles. The number of hydrogen-bond acceptors (Lipinski definition) is 2. The average Bonchev–Trinajstić information content (AvgIpc) is 2.87. The second-order valence-electron chi connectivity index (χ2n) is 7.13. The molecule has 1 fully saturated rings. The van der Waals surface area contributed by atoms with E-state index < -0.39 is 0 Å². The van der Waals surface area contributed by atoms with E-state index in [1.54, 1.807) is 0 Å². The molecular weight excluding hydrogens is 246 g/mol. The van der Waals surface area contributed by atoms with Crippen LogP contribution < -0.4 is 10.1 Å². The van der Waals surface area contributed by atoms with E-state index in [0.717, 1.165) is 24.8 Å². The molecule has 0 aromatic heterocycles. The van der Waals surface area contributed by atoms with Crippen LogP contribution in [0.15, 0.2) is 18.2 Å². The van der Waals surface area contributed by atoms with E-state index in [9.17, 15) is 0 Å². The van der Waals surface area contributed by atoms with Gasteiger partial charge in [0.15, 0.2) is 0 Å². The smallest absolute Gasteiger partial charge is 0.126 e. The summed E-state index contributed by atoms with van der Waals surface area (Å²) in [5.74, 6) is 1.86. The fraction of sp³-hybridized carbons (Fsp3) is 0.667. The largest absolute Gasteiger partial charge is 0.493 e. The van der Waals surface area contributed by atoms with Crippen LogP contribution in [0, 0.1) is 12.8 Å². The van der Waals surface area contributed by atoms with E-state index in [4.69, 9.17) is 4.74 Å². The van der Waals surface area contributed by atoms with Gasteiger partial charge in [0.25, 0.3) is 0 Å². The Morgan fingerprint density at radius 3 is 2.55 bits per heavy atom. The summed E-state index contributed by atoms with van der Waals surface area (Å²) in [6.07, 6.45) is 5.42. The molecule has 0 radical (unpaired) electrons. The van der Waals surface area contributed by atoms with E-state index in [2.05, 4.69) is 51.2 Å². The predicted molar refractivity (Wildman–Crippen MR) is 85.2 cm³/mol. The van der Waals surface area contributed by atoms with Crippen molar-refractivity contribution in [1.29, 1.82) is 0 Å². The molecule has 2 rings (SSSR count). The zero-order valence-corrected chi connectivity index (χ0v) is 13.5. The SMILES string of the molecule is Cc1cccc(CNC(C)(C)C)c1OCC1CCCC1. The summed E-state index contributed by atoms with van der Waals surface area (Å²) >= 11 is 0. The van der Waals surface area contributed by atoms with Crippen LogP contribution in [0.3, 0.4) is 0 Å². The van der Waals surface area contributed by atoms with Crippen LogP contribution in [0.4, 0.5) is 0 Å². The first kappa shape index (κ1) is 15.4. The van der Waals surface area contributed by atoms with Gasteiger partial charge in [0, 0.05) is 17.6 Å². The molecule has 0 heterocycles. The molecule has 1 aliphatic rings. The normalized spacial score (nSPS) is 16.6. The second-order valence-corrected chi connectivity index (χ2v) is 7.13. The molecule has 2 nitrogen and oxygen atoms in total. The molecule has 0 spiro atoms. The van der Waals surface area contributed by atoms with Gasteiger partial charge in [0.2, 0.25) is 0 Å². The molecule has 0 bridgehead atoms. The number of benzene rings is 1. The Bertz CT molecular complexity index is 428. The van der Waals surface area contributed by atoms with Gasteiger partial charge >= 0.3 is 0 Å². The van der Waals surface area contributed by atoms with Gasteiger partial charge in [0.1, 0.15) is 5.75 Å². The first-order valence-corrected chi connectivity index (χ1v) is 7.92. The lowest BCUT2D eigenvalue weighted by molar-refractivity contribution is 0.247. The number of para-hydroxylation sites is 1. The van der Waals surface area contributed by atoms with Crippen LogP contribution >= 0.6 is 0 Å². The highest BCUT2D eigenvalue weighted by atomic mass is 16.5. The summed E-state index contributed by atoms with van der Waals surface area (Å²) in [6, 6.07) is 6.44. The summed E-state index contributed by atoms with van der Waals surface area (Å²) in [5, 5.41) is 3.55. The maximum atomic E-state index is 6.18. The third-order valence-electron chi connectivity index (χ3n) is 4.04. The lowest BCUT2D eigenvalue weighted by Gasteiger charge is -2.23. The molecular formula is C18H29NO. The zero-order valence-electron chi connectivity index (χ0n) is 13.5. The van der Waals surface area contributed by atoms with Crippen molar-refractivity contribution in [1.82, 2.24) is 5.32 Å². The maximum absolute atomic E-state index is 6.18. The lowest BCUT2D eigenvalue weighted by Crippen LogP contribution is -2.35. The van der Waals surface area contributed by atoms with Crippen molar-refractivity contribution < 1.29 is 4.74 Å². The molecule has 112 valence electrons. The summed E-state index contributed by atoms with van der Waals surface area (Å²) < 4.78 is 6.18. The third kappa shape index (κ3) is 4.52. The molecule has 20 heavy (non-hydrogen) atoms. The van der Waals surface area contributed by atoms with Gasteiger partial charge in [-0.1, -0.05) is 31.0 Å².